The zero-order chi connectivity index (χ0) is 23.4. The number of hydrogen-bond donors (Lipinski definition) is 3. The maximum atomic E-state index is 12.1. The molecule has 2 aromatic rings. The van der Waals surface area contributed by atoms with Gasteiger partial charge < -0.3 is 16.0 Å². The number of fused-ring (bicyclic) bond motifs is 1. The van der Waals surface area contributed by atoms with Gasteiger partial charge in [-0.1, -0.05) is 37.8 Å². The van der Waals surface area contributed by atoms with Crippen LogP contribution in [0.2, 0.25) is 0 Å². The fourth-order valence-corrected chi connectivity index (χ4v) is 4.57. The first-order chi connectivity index (χ1) is 16.0. The number of ketones is 1. The molecule has 5 heteroatoms. The van der Waals surface area contributed by atoms with Gasteiger partial charge in [-0.05, 0) is 80.9 Å². The van der Waals surface area contributed by atoms with Crippen LogP contribution < -0.4 is 16.0 Å². The van der Waals surface area contributed by atoms with E-state index in [9.17, 15) is 4.79 Å². The van der Waals surface area contributed by atoms with E-state index in [4.69, 9.17) is 4.99 Å². The number of carbonyl (C=O) groups is 1. The maximum Gasteiger partial charge on any atom is 0.160 e. The second-order valence-electron chi connectivity index (χ2n) is 8.90. The van der Waals surface area contributed by atoms with Crippen LogP contribution in [-0.4, -0.2) is 18.2 Å². The van der Waals surface area contributed by atoms with Gasteiger partial charge in [-0.25, -0.2) is 4.99 Å². The average Bonchev–Trinajstić information content (AvgIpc) is 2.83. The summed E-state index contributed by atoms with van der Waals surface area (Å²) in [5.74, 6) is 0.870. The lowest BCUT2D eigenvalue weighted by atomic mass is 9.94. The Balaban J connectivity index is 1.67. The number of aliphatic imine (C=N–C) groups is 1. The summed E-state index contributed by atoms with van der Waals surface area (Å²) < 4.78 is 0. The third-order valence-electron chi connectivity index (χ3n) is 6.38. The minimum absolute atomic E-state index is 0.0672. The summed E-state index contributed by atoms with van der Waals surface area (Å²) in [5.41, 5.74) is 8.22. The van der Waals surface area contributed by atoms with E-state index in [2.05, 4.69) is 41.6 Å². The van der Waals surface area contributed by atoms with Crippen LogP contribution in [0.4, 0.5) is 5.69 Å². The molecule has 3 N–H and O–H groups in total. The standard InChI is InChI=1S/C28H34N4O/c1-5-16-29-25-12-8-6-10-22(25)19(3)30-28-23-11-7-9-13-26(23)31-27(32-28)21-15-14-18(2)24(17-21)20(4)33/h7,9,11,13-15,17,27,29,31H,3,5-6,8,10,12,16H2,1-2,4H3,(H,30,32). The lowest BCUT2D eigenvalue weighted by Gasteiger charge is -2.29. The third-order valence-corrected chi connectivity index (χ3v) is 6.38. The number of nitrogens with one attached hydrogen (secondary N) is 3. The molecule has 0 fully saturated rings. The van der Waals surface area contributed by atoms with Gasteiger partial charge in [-0.3, -0.25) is 4.79 Å². The Morgan fingerprint density at radius 1 is 1.18 bits per heavy atom. The van der Waals surface area contributed by atoms with Gasteiger partial charge in [0.25, 0.3) is 0 Å². The summed E-state index contributed by atoms with van der Waals surface area (Å²) >= 11 is 0. The molecule has 0 radical (unpaired) electrons. The van der Waals surface area contributed by atoms with Gasteiger partial charge in [0.15, 0.2) is 5.78 Å². The van der Waals surface area contributed by atoms with Gasteiger partial charge in [0, 0.05) is 34.8 Å². The Kier molecular flexibility index (Phi) is 6.97. The summed E-state index contributed by atoms with van der Waals surface area (Å²) in [7, 11) is 0. The number of rotatable bonds is 7. The van der Waals surface area contributed by atoms with E-state index in [1.54, 1.807) is 6.92 Å². The highest BCUT2D eigenvalue weighted by atomic mass is 16.1. The average molecular weight is 443 g/mol. The van der Waals surface area contributed by atoms with Crippen LogP contribution in [0.1, 0.15) is 79.2 Å². The van der Waals surface area contributed by atoms with Crippen molar-refractivity contribution in [2.24, 2.45) is 4.99 Å². The van der Waals surface area contributed by atoms with Crippen LogP contribution in [0.5, 0.6) is 0 Å². The Morgan fingerprint density at radius 3 is 2.76 bits per heavy atom. The molecule has 1 atom stereocenters. The van der Waals surface area contributed by atoms with E-state index in [0.29, 0.717) is 0 Å². The zero-order valence-corrected chi connectivity index (χ0v) is 19.9. The van der Waals surface area contributed by atoms with Crippen molar-refractivity contribution in [3.8, 4) is 0 Å². The van der Waals surface area contributed by atoms with Crippen LogP contribution in [0.25, 0.3) is 0 Å². The van der Waals surface area contributed by atoms with Crippen LogP contribution in [-0.2, 0) is 0 Å². The first kappa shape index (κ1) is 22.8. The second kappa shape index (κ2) is 10.1. The lowest BCUT2D eigenvalue weighted by molar-refractivity contribution is 0.101. The fourth-order valence-electron chi connectivity index (χ4n) is 4.57. The SMILES string of the molecule is C=C(NC1=NC(c2ccc(C)c(C(C)=O)c2)Nc2ccccc21)C1=C(NCCC)CCCC1. The molecule has 0 saturated heterocycles. The number of allylic oxidation sites excluding steroid dienone is 2. The molecular formula is C28H34N4O. The van der Waals surface area contributed by atoms with Crippen molar-refractivity contribution in [3.05, 3.63) is 88.3 Å². The largest absolute Gasteiger partial charge is 0.388 e. The number of anilines is 1. The van der Waals surface area contributed by atoms with E-state index >= 15 is 0 Å². The molecule has 0 bridgehead atoms. The summed E-state index contributed by atoms with van der Waals surface area (Å²) in [4.78, 5) is 17.1. The number of Topliss-reactive ketones (excluding diaryl/α,β-unsaturated/α-hetero) is 1. The molecule has 2 aromatic carbocycles. The summed E-state index contributed by atoms with van der Waals surface area (Å²) in [6.07, 6.45) is 5.30. The van der Waals surface area contributed by atoms with Crippen LogP contribution in [0.3, 0.4) is 0 Å². The molecule has 2 aliphatic rings. The third kappa shape index (κ3) is 5.03. The molecular weight excluding hydrogens is 408 g/mol. The van der Waals surface area contributed by atoms with E-state index in [-0.39, 0.29) is 11.9 Å². The molecule has 1 unspecified atom stereocenters. The van der Waals surface area contributed by atoms with E-state index in [1.807, 2.05) is 37.3 Å². The van der Waals surface area contributed by atoms with Crippen molar-refractivity contribution in [3.63, 3.8) is 0 Å². The van der Waals surface area contributed by atoms with Crippen molar-refractivity contribution in [2.75, 3.05) is 11.9 Å². The van der Waals surface area contributed by atoms with Crippen molar-refractivity contribution < 1.29 is 4.79 Å². The monoisotopic (exact) mass is 442 g/mol. The first-order valence-corrected chi connectivity index (χ1v) is 11.9. The molecule has 4 rings (SSSR count). The second-order valence-corrected chi connectivity index (χ2v) is 8.90. The molecule has 1 aliphatic carbocycles. The summed E-state index contributed by atoms with van der Waals surface area (Å²) in [6.45, 7) is 11.1. The smallest absolute Gasteiger partial charge is 0.160 e. The number of hydrogen-bond acceptors (Lipinski definition) is 5. The van der Waals surface area contributed by atoms with E-state index in [0.717, 1.165) is 65.3 Å². The van der Waals surface area contributed by atoms with Crippen LogP contribution >= 0.6 is 0 Å². The number of nitrogens with zero attached hydrogens (tertiary/aromatic N) is 1. The minimum atomic E-state index is -0.285. The number of carbonyl (C=O) groups excluding carboxylic acids is 1. The highest BCUT2D eigenvalue weighted by molar-refractivity contribution is 6.06. The summed E-state index contributed by atoms with van der Waals surface area (Å²) in [6, 6.07) is 14.2. The highest BCUT2D eigenvalue weighted by Crippen LogP contribution is 2.32. The predicted octanol–water partition coefficient (Wildman–Crippen LogP) is 6.00. The van der Waals surface area contributed by atoms with Crippen molar-refractivity contribution >= 4 is 17.3 Å². The van der Waals surface area contributed by atoms with E-state index in [1.165, 1.54) is 24.1 Å². The quantitative estimate of drug-likeness (QED) is 0.460. The first-order valence-electron chi connectivity index (χ1n) is 11.9. The van der Waals surface area contributed by atoms with Crippen molar-refractivity contribution in [2.45, 2.75) is 59.0 Å². The molecule has 33 heavy (non-hydrogen) atoms. The molecule has 0 aromatic heterocycles. The zero-order valence-electron chi connectivity index (χ0n) is 19.9. The molecule has 1 heterocycles. The Bertz CT molecular complexity index is 1130. The molecule has 0 spiro atoms. The Hall–Kier alpha value is -3.34. The molecule has 0 amide bonds. The normalized spacial score (nSPS) is 17.5. The van der Waals surface area contributed by atoms with Gasteiger partial charge >= 0.3 is 0 Å². The predicted molar refractivity (Wildman–Crippen MR) is 137 cm³/mol. The number of para-hydroxylation sites is 1. The van der Waals surface area contributed by atoms with Gasteiger partial charge in [-0.2, -0.15) is 0 Å². The van der Waals surface area contributed by atoms with Crippen molar-refractivity contribution in [1.29, 1.82) is 0 Å². The number of aryl methyl sites for hydroxylation is 1. The number of benzene rings is 2. The fraction of sp³-hybridized carbons (Fsp3) is 0.357. The van der Waals surface area contributed by atoms with Gasteiger partial charge in [-0.15, -0.1) is 0 Å². The molecule has 1 aliphatic heterocycles. The molecule has 5 nitrogen and oxygen atoms in total. The van der Waals surface area contributed by atoms with Gasteiger partial charge in [0.1, 0.15) is 12.0 Å². The van der Waals surface area contributed by atoms with Crippen molar-refractivity contribution in [1.82, 2.24) is 10.6 Å². The minimum Gasteiger partial charge on any atom is -0.388 e. The van der Waals surface area contributed by atoms with Crippen LogP contribution in [0, 0.1) is 6.92 Å². The number of amidine groups is 1. The summed E-state index contributed by atoms with van der Waals surface area (Å²) in [5, 5.41) is 10.7. The van der Waals surface area contributed by atoms with Gasteiger partial charge in [0.2, 0.25) is 0 Å². The molecule has 0 saturated carbocycles. The maximum absolute atomic E-state index is 12.1. The topological polar surface area (TPSA) is 65.5 Å². The lowest BCUT2D eigenvalue weighted by Crippen LogP contribution is -2.32. The van der Waals surface area contributed by atoms with E-state index < -0.39 is 0 Å². The molecule has 172 valence electrons. The highest BCUT2D eigenvalue weighted by Gasteiger charge is 2.24. The Labute approximate surface area is 197 Å². The van der Waals surface area contributed by atoms with Gasteiger partial charge in [0.05, 0.1) is 0 Å². The van der Waals surface area contributed by atoms with Crippen LogP contribution in [0.15, 0.2) is 71.0 Å². The Morgan fingerprint density at radius 2 is 1.97 bits per heavy atom.